The van der Waals surface area contributed by atoms with E-state index in [1.54, 1.807) is 49.6 Å². The van der Waals surface area contributed by atoms with E-state index in [9.17, 15) is 14.4 Å². The summed E-state index contributed by atoms with van der Waals surface area (Å²) in [6.07, 6.45) is 26.2. The Labute approximate surface area is 394 Å². The monoisotopic (exact) mass is 907 g/mol. The van der Waals surface area contributed by atoms with Gasteiger partial charge < -0.3 is 27.8 Å². The number of hydrogen-bond acceptors (Lipinski definition) is 9. The van der Waals surface area contributed by atoms with Crippen LogP contribution in [0.5, 0.6) is 11.5 Å². The standard InChI is InChI=1S/C16H18O5.C16H28O.C14H16O3.C11H16/c1-3-4-5-9-20-12-7-6-8-13-15(12)11(17)10-14(21-13)16(18)19-2;1-2-3-4-5-17-12-16-9-13-6-14(10-16)8-15(7-13)11-16;1-2-3-4-8-16-12-5-6-13-11(10-12)7-9-17-14(13)15;1-2-3-5-8-11-9-6-4-7-10-11/h6-8,10H,3-5,9H2,1-2H3;13-15H,2-12H2,1H3;5-7,9-10H,2-4,8H2,1H3;4,6-7,9-10H,2-3,5,8H2,1H3. The number of esters is 1. The molecule has 0 spiro atoms. The lowest BCUT2D eigenvalue weighted by atomic mass is 9.50. The molecule has 360 valence electrons. The summed E-state index contributed by atoms with van der Waals surface area (Å²) in [6.45, 7) is 12.1. The Bertz CT molecular complexity index is 2240. The van der Waals surface area contributed by atoms with Crippen LogP contribution in [-0.4, -0.2) is 39.5 Å². The van der Waals surface area contributed by atoms with E-state index in [2.05, 4.69) is 62.8 Å². The predicted molar refractivity (Wildman–Crippen MR) is 267 cm³/mol. The van der Waals surface area contributed by atoms with Crippen LogP contribution in [0.25, 0.3) is 21.7 Å². The molecule has 0 saturated heterocycles. The minimum absolute atomic E-state index is 0.113. The van der Waals surface area contributed by atoms with Gasteiger partial charge in [-0.25, -0.2) is 9.59 Å². The molecule has 0 unspecified atom stereocenters. The molecule has 4 aliphatic rings. The molecule has 4 bridgehead atoms. The lowest BCUT2D eigenvalue weighted by Crippen LogP contribution is -2.48. The molecule has 5 aromatic rings. The molecule has 0 atom stereocenters. The molecule has 4 aliphatic carbocycles. The van der Waals surface area contributed by atoms with Crippen molar-refractivity contribution in [2.24, 2.45) is 23.2 Å². The molecule has 0 radical (unpaired) electrons. The van der Waals surface area contributed by atoms with Crippen LogP contribution in [0.3, 0.4) is 0 Å². The minimum atomic E-state index is -0.678. The first-order valence-electron chi connectivity index (χ1n) is 25.2. The molecule has 0 N–H and O–H groups in total. The number of ether oxygens (including phenoxy) is 4. The van der Waals surface area contributed by atoms with Crippen LogP contribution in [0.4, 0.5) is 0 Å². The van der Waals surface area contributed by atoms with Crippen molar-refractivity contribution in [3.8, 4) is 11.5 Å². The number of hydrogen-bond donors (Lipinski definition) is 0. The van der Waals surface area contributed by atoms with E-state index in [4.69, 9.17) is 23.0 Å². The number of unbranched alkanes of at least 4 members (excludes halogenated alkanes) is 8. The predicted octanol–water partition coefficient (Wildman–Crippen LogP) is 14.3. The van der Waals surface area contributed by atoms with E-state index >= 15 is 0 Å². The number of benzene rings is 3. The molecule has 4 fully saturated rings. The van der Waals surface area contributed by atoms with E-state index in [-0.39, 0.29) is 16.8 Å². The van der Waals surface area contributed by atoms with Crippen molar-refractivity contribution in [1.29, 1.82) is 0 Å². The summed E-state index contributed by atoms with van der Waals surface area (Å²) in [5, 5.41) is 1.80. The zero-order chi connectivity index (χ0) is 47.0. The quantitative estimate of drug-likeness (QED) is 0.0524. The third kappa shape index (κ3) is 16.5. The second-order valence-corrected chi connectivity index (χ2v) is 18.8. The Balaban J connectivity index is 0.000000168. The molecule has 9 rings (SSSR count). The second-order valence-electron chi connectivity index (χ2n) is 18.8. The van der Waals surface area contributed by atoms with E-state index in [0.717, 1.165) is 80.5 Å². The third-order valence-electron chi connectivity index (χ3n) is 13.2. The van der Waals surface area contributed by atoms with Gasteiger partial charge in [0.05, 0.1) is 38.6 Å². The Morgan fingerprint density at radius 1 is 0.667 bits per heavy atom. The highest BCUT2D eigenvalue weighted by Gasteiger charge is 2.50. The van der Waals surface area contributed by atoms with Crippen molar-refractivity contribution in [1.82, 2.24) is 0 Å². The lowest BCUT2D eigenvalue weighted by Gasteiger charge is -2.56. The molecule has 3 aromatic carbocycles. The summed E-state index contributed by atoms with van der Waals surface area (Å²) in [4.78, 5) is 35.0. The number of rotatable bonds is 21. The van der Waals surface area contributed by atoms with Crippen molar-refractivity contribution in [2.45, 2.75) is 150 Å². The zero-order valence-electron chi connectivity index (χ0n) is 40.8. The fraction of sp³-hybridized carbons (Fsp3) is 0.561. The number of carbonyl (C=O) groups is 1. The maximum Gasteiger partial charge on any atom is 0.374 e. The summed E-state index contributed by atoms with van der Waals surface area (Å²) < 4.78 is 32.1. The smallest absolute Gasteiger partial charge is 0.374 e. The fourth-order valence-electron chi connectivity index (χ4n) is 10.2. The van der Waals surface area contributed by atoms with Crippen LogP contribution in [0.2, 0.25) is 0 Å². The van der Waals surface area contributed by atoms with E-state index in [0.29, 0.717) is 34.1 Å². The highest BCUT2D eigenvalue weighted by Crippen LogP contribution is 2.60. The molecule has 2 heterocycles. The first kappa shape index (κ1) is 52.1. The second kappa shape index (κ2) is 28.3. The Morgan fingerprint density at radius 2 is 1.29 bits per heavy atom. The number of carbonyl (C=O) groups excluding carboxylic acids is 1. The van der Waals surface area contributed by atoms with Gasteiger partial charge in [0.25, 0.3) is 0 Å². The highest BCUT2D eigenvalue weighted by atomic mass is 16.5. The third-order valence-corrected chi connectivity index (χ3v) is 13.2. The maximum atomic E-state index is 12.2. The summed E-state index contributed by atoms with van der Waals surface area (Å²) in [5.41, 5.74) is 1.79. The molecule has 0 aliphatic heterocycles. The first-order chi connectivity index (χ1) is 32.2. The van der Waals surface area contributed by atoms with Crippen LogP contribution in [-0.2, 0) is 15.9 Å². The van der Waals surface area contributed by atoms with Gasteiger partial charge in [0.15, 0.2) is 5.43 Å². The van der Waals surface area contributed by atoms with Crippen LogP contribution >= 0.6 is 0 Å². The summed E-state index contributed by atoms with van der Waals surface area (Å²) in [7, 11) is 1.24. The van der Waals surface area contributed by atoms with Gasteiger partial charge in [0.2, 0.25) is 5.76 Å². The molecule has 0 amide bonds. The zero-order valence-corrected chi connectivity index (χ0v) is 40.8. The van der Waals surface area contributed by atoms with Gasteiger partial charge in [-0.2, -0.15) is 0 Å². The number of methoxy groups -OCH3 is 1. The lowest BCUT2D eigenvalue weighted by molar-refractivity contribution is -0.0965. The molecule has 2 aromatic heterocycles. The number of fused-ring (bicyclic) bond motifs is 2. The normalized spacial score (nSPS) is 18.9. The van der Waals surface area contributed by atoms with E-state index in [1.165, 1.54) is 96.0 Å². The first-order valence-corrected chi connectivity index (χ1v) is 25.2. The molecule has 9 heteroatoms. The van der Waals surface area contributed by atoms with E-state index < -0.39 is 5.97 Å². The average Bonchev–Trinajstić information content (AvgIpc) is 3.32. The highest BCUT2D eigenvalue weighted by molar-refractivity contribution is 5.90. The van der Waals surface area contributed by atoms with Gasteiger partial charge in [-0.1, -0.05) is 115 Å². The summed E-state index contributed by atoms with van der Waals surface area (Å²) in [6, 6.07) is 24.1. The van der Waals surface area contributed by atoms with Crippen molar-refractivity contribution in [3.05, 3.63) is 117 Å². The summed E-state index contributed by atoms with van der Waals surface area (Å²) >= 11 is 0. The van der Waals surface area contributed by atoms with Crippen LogP contribution in [0.15, 0.2) is 104 Å². The van der Waals surface area contributed by atoms with Crippen LogP contribution in [0, 0.1) is 23.2 Å². The Hall–Kier alpha value is -4.89. The van der Waals surface area contributed by atoms with Gasteiger partial charge in [-0.15, -0.1) is 0 Å². The van der Waals surface area contributed by atoms with Crippen molar-refractivity contribution in [2.75, 3.05) is 33.5 Å². The van der Waals surface area contributed by atoms with Crippen LogP contribution in [0.1, 0.15) is 159 Å². The molecule has 66 heavy (non-hydrogen) atoms. The van der Waals surface area contributed by atoms with Gasteiger partial charge in [0, 0.05) is 12.7 Å². The average molecular weight is 907 g/mol. The Morgan fingerprint density at radius 3 is 1.92 bits per heavy atom. The van der Waals surface area contributed by atoms with Crippen molar-refractivity contribution >= 4 is 27.7 Å². The van der Waals surface area contributed by atoms with E-state index in [1.807, 2.05) is 12.1 Å². The molecular weight excluding hydrogens is 829 g/mol. The summed E-state index contributed by atoms with van der Waals surface area (Å²) in [5.74, 6) is 3.70. The topological polar surface area (TPSA) is 114 Å². The van der Waals surface area contributed by atoms with Gasteiger partial charge >= 0.3 is 11.6 Å². The molecule has 4 saturated carbocycles. The minimum Gasteiger partial charge on any atom is -0.494 e. The van der Waals surface area contributed by atoms with Gasteiger partial charge in [0.1, 0.15) is 22.5 Å². The van der Waals surface area contributed by atoms with Crippen molar-refractivity contribution in [3.63, 3.8) is 0 Å². The molecule has 9 nitrogen and oxygen atoms in total. The largest absolute Gasteiger partial charge is 0.494 e. The Kier molecular flexibility index (Phi) is 22.4. The van der Waals surface area contributed by atoms with Crippen molar-refractivity contribution < 1.29 is 32.6 Å². The SMILES string of the molecule is CCCCCOCC12CC3CC(CC(C3)C1)C2.CCCCCOc1ccc2c(=O)occc2c1.CCCCCOc1cccc2oc(C(=O)OC)cc(=O)c12.CCCCCc1ccccc1. The fourth-order valence-corrected chi connectivity index (χ4v) is 10.2. The van der Waals surface area contributed by atoms with Crippen LogP contribution < -0.4 is 20.5 Å². The molecular formula is C57H78O9. The maximum absolute atomic E-state index is 12.2. The number of aryl methyl sites for hydroxylation is 1. The van der Waals surface area contributed by atoms with Gasteiger partial charge in [-0.05, 0) is 141 Å². The van der Waals surface area contributed by atoms with Gasteiger partial charge in [-0.3, -0.25) is 4.79 Å².